The van der Waals surface area contributed by atoms with E-state index < -0.39 is 12.1 Å². The molecule has 0 aromatic heterocycles. The summed E-state index contributed by atoms with van der Waals surface area (Å²) in [5.74, 6) is 0.670. The molecule has 170 valence electrons. The van der Waals surface area contributed by atoms with Crippen molar-refractivity contribution in [1.29, 1.82) is 0 Å². The van der Waals surface area contributed by atoms with Crippen LogP contribution in [0.15, 0.2) is 48.5 Å². The summed E-state index contributed by atoms with van der Waals surface area (Å²) in [5, 5.41) is 3.59. The van der Waals surface area contributed by atoms with E-state index in [1.165, 1.54) is 0 Å². The number of anilines is 1. The van der Waals surface area contributed by atoms with Crippen LogP contribution in [0.25, 0.3) is 0 Å². The summed E-state index contributed by atoms with van der Waals surface area (Å²) >= 11 is 6.11. The number of carbonyl (C=O) groups excluding carboxylic acids is 2. The third kappa shape index (κ3) is 4.93. The number of ether oxygens (including phenoxy) is 2. The molecule has 2 aromatic carbocycles. The molecule has 7 nitrogen and oxygen atoms in total. The molecule has 0 aliphatic carbocycles. The number of benzene rings is 2. The summed E-state index contributed by atoms with van der Waals surface area (Å²) in [6.45, 7) is 6.56. The molecule has 0 spiro atoms. The second-order valence-electron chi connectivity index (χ2n) is 8.39. The predicted molar refractivity (Wildman–Crippen MR) is 123 cm³/mol. The lowest BCUT2D eigenvalue weighted by atomic mass is 10.0. The third-order valence-electron chi connectivity index (χ3n) is 5.80. The number of rotatable bonds is 5. The Hall–Kier alpha value is -2.93. The van der Waals surface area contributed by atoms with E-state index in [-0.39, 0.29) is 24.3 Å². The minimum atomic E-state index is -0.793. The van der Waals surface area contributed by atoms with Gasteiger partial charge < -0.3 is 24.6 Å². The van der Waals surface area contributed by atoms with Crippen molar-refractivity contribution < 1.29 is 19.1 Å². The van der Waals surface area contributed by atoms with Crippen LogP contribution < -0.4 is 19.7 Å². The summed E-state index contributed by atoms with van der Waals surface area (Å²) in [6.07, 6.45) is -0.793. The second-order valence-corrected chi connectivity index (χ2v) is 8.82. The Labute approximate surface area is 193 Å². The van der Waals surface area contributed by atoms with Crippen LogP contribution in [0.3, 0.4) is 0 Å². The first-order chi connectivity index (χ1) is 15.4. The van der Waals surface area contributed by atoms with Crippen LogP contribution in [0.5, 0.6) is 11.5 Å². The molecule has 2 unspecified atom stereocenters. The van der Waals surface area contributed by atoms with Gasteiger partial charge >= 0.3 is 0 Å². The van der Waals surface area contributed by atoms with E-state index in [1.54, 1.807) is 12.1 Å². The number of carbonyl (C=O) groups is 2. The molecule has 32 heavy (non-hydrogen) atoms. The van der Waals surface area contributed by atoms with E-state index in [0.29, 0.717) is 42.7 Å². The number of nitrogens with zero attached hydrogens (tertiary/aromatic N) is 2. The lowest BCUT2D eigenvalue weighted by Crippen LogP contribution is -2.58. The van der Waals surface area contributed by atoms with E-state index in [9.17, 15) is 9.59 Å². The minimum absolute atomic E-state index is 0.0609. The van der Waals surface area contributed by atoms with Gasteiger partial charge in [0.25, 0.3) is 5.91 Å². The Balaban J connectivity index is 1.36. The van der Waals surface area contributed by atoms with Crippen LogP contribution in [0.2, 0.25) is 5.02 Å². The Bertz CT molecular complexity index is 975. The molecule has 2 aromatic rings. The number of para-hydroxylation sites is 2. The largest absolute Gasteiger partial charge is 0.485 e. The number of hydrogen-bond acceptors (Lipinski definition) is 5. The molecule has 2 aliphatic heterocycles. The van der Waals surface area contributed by atoms with Crippen LogP contribution in [0, 0.1) is 5.92 Å². The predicted octanol–water partition coefficient (Wildman–Crippen LogP) is 2.97. The second kappa shape index (κ2) is 9.69. The molecule has 2 atom stereocenters. The number of fused-ring (bicyclic) bond motifs is 1. The Morgan fingerprint density at radius 1 is 1.03 bits per heavy atom. The summed E-state index contributed by atoms with van der Waals surface area (Å²) in [6, 6.07) is 14.3. The maximum absolute atomic E-state index is 13.3. The Morgan fingerprint density at radius 3 is 2.44 bits per heavy atom. The SMILES string of the molecule is CC(C)C(NC(=O)C1COc2ccccc2O1)C(=O)N1CCN(c2cccc(Cl)c2)CC1. The van der Waals surface area contributed by atoms with Gasteiger partial charge in [0.05, 0.1) is 0 Å². The fraction of sp³-hybridized carbons (Fsp3) is 0.417. The lowest BCUT2D eigenvalue weighted by molar-refractivity contribution is -0.140. The van der Waals surface area contributed by atoms with E-state index in [0.717, 1.165) is 5.69 Å². The van der Waals surface area contributed by atoms with Gasteiger partial charge in [0.1, 0.15) is 12.6 Å². The van der Waals surface area contributed by atoms with Gasteiger partial charge in [-0.3, -0.25) is 9.59 Å². The summed E-state index contributed by atoms with van der Waals surface area (Å²) in [7, 11) is 0. The van der Waals surface area contributed by atoms with Crippen molar-refractivity contribution in [3.05, 3.63) is 53.6 Å². The van der Waals surface area contributed by atoms with Gasteiger partial charge in [0, 0.05) is 36.9 Å². The van der Waals surface area contributed by atoms with Crippen molar-refractivity contribution in [2.24, 2.45) is 5.92 Å². The molecule has 4 rings (SSSR count). The van der Waals surface area contributed by atoms with Gasteiger partial charge in [-0.05, 0) is 36.2 Å². The molecule has 1 N–H and O–H groups in total. The maximum atomic E-state index is 13.3. The highest BCUT2D eigenvalue weighted by Crippen LogP contribution is 2.31. The smallest absolute Gasteiger partial charge is 0.265 e. The van der Waals surface area contributed by atoms with Gasteiger partial charge in [0.15, 0.2) is 11.5 Å². The first kappa shape index (κ1) is 22.3. The van der Waals surface area contributed by atoms with Gasteiger partial charge in [-0.2, -0.15) is 0 Å². The van der Waals surface area contributed by atoms with Crippen molar-refractivity contribution in [2.45, 2.75) is 26.0 Å². The van der Waals surface area contributed by atoms with Gasteiger partial charge in [-0.1, -0.05) is 43.6 Å². The number of halogens is 1. The minimum Gasteiger partial charge on any atom is -0.485 e. The van der Waals surface area contributed by atoms with Crippen LogP contribution >= 0.6 is 11.6 Å². The van der Waals surface area contributed by atoms with Gasteiger partial charge in [-0.25, -0.2) is 0 Å². The van der Waals surface area contributed by atoms with Gasteiger partial charge in [-0.15, -0.1) is 0 Å². The Morgan fingerprint density at radius 2 is 1.75 bits per heavy atom. The van der Waals surface area contributed by atoms with Crippen molar-refractivity contribution in [2.75, 3.05) is 37.7 Å². The zero-order valence-electron chi connectivity index (χ0n) is 18.3. The maximum Gasteiger partial charge on any atom is 0.265 e. The van der Waals surface area contributed by atoms with Crippen LogP contribution in [-0.2, 0) is 9.59 Å². The molecule has 8 heteroatoms. The fourth-order valence-corrected chi connectivity index (χ4v) is 4.15. The average Bonchev–Trinajstić information content (AvgIpc) is 2.81. The zero-order valence-corrected chi connectivity index (χ0v) is 19.0. The first-order valence-corrected chi connectivity index (χ1v) is 11.3. The first-order valence-electron chi connectivity index (χ1n) is 10.9. The quantitative estimate of drug-likeness (QED) is 0.747. The standard InChI is InChI=1S/C24H28ClN3O4/c1-16(2)22(26-23(29)21-15-31-19-8-3-4-9-20(19)32-21)24(30)28-12-10-27(11-13-28)18-7-5-6-17(25)14-18/h3-9,14,16,21-22H,10-13,15H2,1-2H3,(H,26,29). The average molecular weight is 458 g/mol. The normalized spacial score (nSPS) is 18.9. The number of nitrogens with one attached hydrogen (secondary N) is 1. The number of hydrogen-bond donors (Lipinski definition) is 1. The highest BCUT2D eigenvalue weighted by molar-refractivity contribution is 6.30. The van der Waals surface area contributed by atoms with Crippen LogP contribution in [0.4, 0.5) is 5.69 Å². The monoisotopic (exact) mass is 457 g/mol. The molecule has 2 heterocycles. The molecule has 1 saturated heterocycles. The molecule has 0 bridgehead atoms. The fourth-order valence-electron chi connectivity index (χ4n) is 3.96. The molecule has 0 radical (unpaired) electrons. The highest BCUT2D eigenvalue weighted by atomic mass is 35.5. The molecular formula is C24H28ClN3O4. The lowest BCUT2D eigenvalue weighted by Gasteiger charge is -2.38. The molecular weight excluding hydrogens is 430 g/mol. The van der Waals surface area contributed by atoms with E-state index >= 15 is 0 Å². The van der Waals surface area contributed by atoms with E-state index in [1.807, 2.05) is 55.1 Å². The molecule has 2 amide bonds. The number of amides is 2. The van der Waals surface area contributed by atoms with E-state index in [4.69, 9.17) is 21.1 Å². The Kier molecular flexibility index (Phi) is 6.74. The molecule has 2 aliphatic rings. The topological polar surface area (TPSA) is 71.1 Å². The summed E-state index contributed by atoms with van der Waals surface area (Å²) in [5.41, 5.74) is 1.05. The molecule has 1 fully saturated rings. The third-order valence-corrected chi connectivity index (χ3v) is 6.03. The van der Waals surface area contributed by atoms with Crippen molar-refractivity contribution in [1.82, 2.24) is 10.2 Å². The van der Waals surface area contributed by atoms with Crippen molar-refractivity contribution >= 4 is 29.1 Å². The zero-order chi connectivity index (χ0) is 22.7. The van der Waals surface area contributed by atoms with E-state index in [2.05, 4.69) is 10.2 Å². The van der Waals surface area contributed by atoms with Crippen molar-refractivity contribution in [3.8, 4) is 11.5 Å². The van der Waals surface area contributed by atoms with Crippen LogP contribution in [-0.4, -0.2) is 61.6 Å². The highest BCUT2D eigenvalue weighted by Gasteiger charge is 2.34. The van der Waals surface area contributed by atoms with Crippen LogP contribution in [0.1, 0.15) is 13.8 Å². The number of piperazine rings is 1. The summed E-state index contributed by atoms with van der Waals surface area (Å²) in [4.78, 5) is 30.2. The molecule has 0 saturated carbocycles. The van der Waals surface area contributed by atoms with Gasteiger partial charge in [0.2, 0.25) is 12.0 Å². The summed E-state index contributed by atoms with van der Waals surface area (Å²) < 4.78 is 11.4. The van der Waals surface area contributed by atoms with Crippen molar-refractivity contribution in [3.63, 3.8) is 0 Å².